The Hall–Kier alpha value is -1.19. The van der Waals surface area contributed by atoms with E-state index in [9.17, 15) is 4.79 Å². The van der Waals surface area contributed by atoms with Gasteiger partial charge in [0.1, 0.15) is 5.76 Å². The lowest BCUT2D eigenvalue weighted by atomic mass is 10.4. The summed E-state index contributed by atoms with van der Waals surface area (Å²) in [5.41, 5.74) is 0. The number of likely N-dealkylation sites (N-methyl/N-ethyl adjacent to an activating group) is 1. The van der Waals surface area contributed by atoms with Crippen molar-refractivity contribution in [2.24, 2.45) is 0 Å². The molecular formula is C5H9NO3. The van der Waals surface area contributed by atoms with Crippen LogP contribution < -0.4 is 5.32 Å². The largest absolute Gasteiger partial charge is 0.509 e. The lowest BCUT2D eigenvalue weighted by Crippen LogP contribution is -2.20. The highest BCUT2D eigenvalue weighted by molar-refractivity contribution is 5.90. The second-order valence-corrected chi connectivity index (χ2v) is 1.51. The molecule has 4 heteroatoms. The predicted octanol–water partition coefficient (Wildman–Crippen LogP) is 0.0799. The highest BCUT2D eigenvalue weighted by Gasteiger charge is 2.06. The van der Waals surface area contributed by atoms with Crippen LogP contribution in [0, 0.1) is 0 Å². The van der Waals surface area contributed by atoms with E-state index in [0.29, 0.717) is 0 Å². The molecule has 0 aromatic rings. The number of carbonyl (C=O) groups excluding carboxylic acids is 1. The van der Waals surface area contributed by atoms with Crippen LogP contribution in [0.5, 0.6) is 0 Å². The van der Waals surface area contributed by atoms with Crippen LogP contribution in [0.4, 0.5) is 0 Å². The van der Waals surface area contributed by atoms with Gasteiger partial charge in [-0.1, -0.05) is 0 Å². The summed E-state index contributed by atoms with van der Waals surface area (Å²) in [6.45, 7) is 1.23. The molecule has 0 radical (unpaired) electrons. The molecule has 9 heavy (non-hydrogen) atoms. The van der Waals surface area contributed by atoms with Crippen LogP contribution in [0.3, 0.4) is 0 Å². The van der Waals surface area contributed by atoms with Crippen LogP contribution in [-0.4, -0.2) is 23.2 Å². The van der Waals surface area contributed by atoms with Crippen molar-refractivity contribution >= 4 is 5.91 Å². The van der Waals surface area contributed by atoms with Gasteiger partial charge in [-0.15, -0.1) is 0 Å². The van der Waals surface area contributed by atoms with Crippen LogP contribution in [0.1, 0.15) is 6.92 Å². The average molecular weight is 131 g/mol. The smallest absolute Gasteiger partial charge is 0.289 e. The number of nitrogens with one attached hydrogen (secondary N) is 1. The summed E-state index contributed by atoms with van der Waals surface area (Å²) in [4.78, 5) is 10.4. The van der Waals surface area contributed by atoms with E-state index in [0.717, 1.165) is 0 Å². The number of aliphatic hydroxyl groups excluding tert-OH is 2. The molecule has 0 aliphatic heterocycles. The Morgan fingerprint density at radius 3 is 2.00 bits per heavy atom. The molecule has 0 saturated carbocycles. The van der Waals surface area contributed by atoms with E-state index in [-0.39, 0.29) is 5.76 Å². The lowest BCUT2D eigenvalue weighted by molar-refractivity contribution is -0.119. The summed E-state index contributed by atoms with van der Waals surface area (Å²) in [6.07, 6.45) is 0. The van der Waals surface area contributed by atoms with E-state index >= 15 is 0 Å². The number of amides is 1. The first-order chi connectivity index (χ1) is 4.09. The first-order valence-corrected chi connectivity index (χ1v) is 2.40. The van der Waals surface area contributed by atoms with E-state index in [4.69, 9.17) is 10.2 Å². The molecule has 4 nitrogen and oxygen atoms in total. The molecule has 0 fully saturated rings. The SMILES string of the molecule is CNC(=O)/C(O)=C(/C)O. The Morgan fingerprint density at radius 2 is 1.89 bits per heavy atom. The Labute approximate surface area is 52.8 Å². The quantitative estimate of drug-likeness (QED) is 0.348. The summed E-state index contributed by atoms with van der Waals surface area (Å²) >= 11 is 0. The minimum atomic E-state index is -0.685. The number of aliphatic hydroxyl groups is 2. The van der Waals surface area contributed by atoms with Gasteiger partial charge in [0.15, 0.2) is 0 Å². The Kier molecular flexibility index (Phi) is 2.57. The maximum absolute atomic E-state index is 10.4. The van der Waals surface area contributed by atoms with E-state index in [2.05, 4.69) is 5.32 Å². The molecule has 0 unspecified atom stereocenters. The van der Waals surface area contributed by atoms with Crippen molar-refractivity contribution in [3.8, 4) is 0 Å². The molecule has 3 N–H and O–H groups in total. The molecule has 0 aromatic carbocycles. The molecule has 0 atom stereocenters. The van der Waals surface area contributed by atoms with E-state index in [1.165, 1.54) is 14.0 Å². The number of carbonyl (C=O) groups is 1. The Bertz CT molecular complexity index is 146. The van der Waals surface area contributed by atoms with Crippen molar-refractivity contribution in [2.45, 2.75) is 6.92 Å². The van der Waals surface area contributed by atoms with Gasteiger partial charge >= 0.3 is 0 Å². The zero-order valence-corrected chi connectivity index (χ0v) is 5.30. The number of rotatable bonds is 1. The zero-order chi connectivity index (χ0) is 7.44. The normalized spacial score (nSPS) is 12.2. The van der Waals surface area contributed by atoms with Gasteiger partial charge in [-0.3, -0.25) is 4.79 Å². The average Bonchev–Trinajstić information content (AvgIpc) is 1.84. The standard InChI is InChI=1S/C5H9NO3/c1-3(7)4(8)5(9)6-2/h7-8H,1-2H3,(H,6,9)/b4-3+. The van der Waals surface area contributed by atoms with Crippen LogP contribution in [0.15, 0.2) is 11.5 Å². The molecule has 0 saturated heterocycles. The third kappa shape index (κ3) is 2.03. The molecule has 52 valence electrons. The fourth-order valence-corrected chi connectivity index (χ4v) is 0.283. The molecule has 1 amide bonds. The molecule has 0 spiro atoms. The number of hydrogen-bond acceptors (Lipinski definition) is 3. The second kappa shape index (κ2) is 2.96. The van der Waals surface area contributed by atoms with Crippen molar-refractivity contribution in [1.29, 1.82) is 0 Å². The van der Waals surface area contributed by atoms with Crippen LogP contribution >= 0.6 is 0 Å². The first kappa shape index (κ1) is 7.81. The van der Waals surface area contributed by atoms with Crippen molar-refractivity contribution in [3.05, 3.63) is 11.5 Å². The fourth-order valence-electron chi connectivity index (χ4n) is 0.283. The highest BCUT2D eigenvalue weighted by atomic mass is 16.3. The predicted molar refractivity (Wildman–Crippen MR) is 32.0 cm³/mol. The minimum Gasteiger partial charge on any atom is -0.509 e. The van der Waals surface area contributed by atoms with Gasteiger partial charge in [-0.25, -0.2) is 0 Å². The second-order valence-electron chi connectivity index (χ2n) is 1.51. The van der Waals surface area contributed by atoms with E-state index in [1.807, 2.05) is 0 Å². The van der Waals surface area contributed by atoms with Crippen LogP contribution in [0.2, 0.25) is 0 Å². The summed E-state index contributed by atoms with van der Waals surface area (Å²) in [7, 11) is 1.36. The van der Waals surface area contributed by atoms with Crippen molar-refractivity contribution in [3.63, 3.8) is 0 Å². The summed E-state index contributed by atoms with van der Waals surface area (Å²) in [6, 6.07) is 0. The van der Waals surface area contributed by atoms with Gasteiger partial charge in [0, 0.05) is 7.05 Å². The number of hydrogen-bond donors (Lipinski definition) is 3. The Balaban J connectivity index is 4.21. The van der Waals surface area contributed by atoms with E-state index < -0.39 is 11.7 Å². The molecule has 0 aliphatic rings. The third-order valence-corrected chi connectivity index (χ3v) is 0.785. The summed E-state index contributed by atoms with van der Waals surface area (Å²) in [5.74, 6) is -1.71. The molecule has 0 rings (SSSR count). The maximum atomic E-state index is 10.4. The van der Waals surface area contributed by atoms with E-state index in [1.54, 1.807) is 0 Å². The van der Waals surface area contributed by atoms with Crippen molar-refractivity contribution in [2.75, 3.05) is 7.05 Å². The van der Waals surface area contributed by atoms with Crippen LogP contribution in [-0.2, 0) is 4.79 Å². The van der Waals surface area contributed by atoms with Gasteiger partial charge in [0.05, 0.1) is 0 Å². The fraction of sp³-hybridized carbons (Fsp3) is 0.400. The monoisotopic (exact) mass is 131 g/mol. The van der Waals surface area contributed by atoms with Gasteiger partial charge in [-0.2, -0.15) is 0 Å². The molecule has 0 aromatic heterocycles. The Morgan fingerprint density at radius 1 is 1.44 bits per heavy atom. The molecule has 0 aliphatic carbocycles. The van der Waals surface area contributed by atoms with Gasteiger partial charge in [-0.05, 0) is 6.92 Å². The van der Waals surface area contributed by atoms with Crippen LogP contribution in [0.25, 0.3) is 0 Å². The zero-order valence-electron chi connectivity index (χ0n) is 5.30. The van der Waals surface area contributed by atoms with Crippen molar-refractivity contribution in [1.82, 2.24) is 5.32 Å². The highest BCUT2D eigenvalue weighted by Crippen LogP contribution is 1.93. The molecule has 0 bridgehead atoms. The maximum Gasteiger partial charge on any atom is 0.289 e. The minimum absolute atomic E-state index is 0.380. The van der Waals surface area contributed by atoms with Gasteiger partial charge < -0.3 is 15.5 Å². The van der Waals surface area contributed by atoms with Gasteiger partial charge in [0.25, 0.3) is 5.91 Å². The molecule has 0 heterocycles. The molecular weight excluding hydrogens is 122 g/mol. The number of allylic oxidation sites excluding steroid dienone is 1. The summed E-state index contributed by atoms with van der Waals surface area (Å²) < 4.78 is 0. The van der Waals surface area contributed by atoms with Gasteiger partial charge in [0.2, 0.25) is 5.76 Å². The third-order valence-electron chi connectivity index (χ3n) is 0.785. The van der Waals surface area contributed by atoms with Crippen molar-refractivity contribution < 1.29 is 15.0 Å². The summed E-state index contributed by atoms with van der Waals surface area (Å²) in [5, 5.41) is 19.2. The topological polar surface area (TPSA) is 69.6 Å². The first-order valence-electron chi connectivity index (χ1n) is 2.40. The lowest BCUT2D eigenvalue weighted by Gasteiger charge is -1.96.